The number of hydrogen-bond donors (Lipinski definition) is 0. The number of rotatable bonds is 6. The molecule has 1 aliphatic heterocycles. The minimum absolute atomic E-state index is 0.0464. The van der Waals surface area contributed by atoms with Crippen LogP contribution in [0.5, 0.6) is 0 Å². The second kappa shape index (κ2) is 8.65. The van der Waals surface area contributed by atoms with Gasteiger partial charge in [0, 0.05) is 25.8 Å². The molecule has 1 aromatic rings. The lowest BCUT2D eigenvalue weighted by molar-refractivity contribution is -0.0264. The molecule has 2 rings (SSSR count). The van der Waals surface area contributed by atoms with Crippen LogP contribution in [0.1, 0.15) is 36.7 Å². The Balaban J connectivity index is 2.26. The first-order chi connectivity index (χ1) is 11.8. The summed E-state index contributed by atoms with van der Waals surface area (Å²) < 4.78 is 10.5. The first kappa shape index (κ1) is 19.7. The molecule has 0 spiro atoms. The number of methoxy groups -OCH3 is 1. The molecule has 0 radical (unpaired) electrons. The summed E-state index contributed by atoms with van der Waals surface area (Å²) in [4.78, 5) is 20.8. The molecule has 1 aromatic carbocycles. The van der Waals surface area contributed by atoms with Crippen molar-refractivity contribution in [3.63, 3.8) is 0 Å². The molecule has 0 N–H and O–H groups in total. The van der Waals surface area contributed by atoms with Crippen molar-refractivity contribution in [1.29, 1.82) is 0 Å². The Labute approximate surface area is 150 Å². The number of ether oxygens (including phenoxy) is 2. The summed E-state index contributed by atoms with van der Waals surface area (Å²) >= 11 is 0. The zero-order valence-electron chi connectivity index (χ0n) is 16.0. The second-order valence-electron chi connectivity index (χ2n) is 7.20. The van der Waals surface area contributed by atoms with Crippen molar-refractivity contribution in [3.8, 4) is 0 Å². The van der Waals surface area contributed by atoms with Gasteiger partial charge >= 0.3 is 0 Å². The molecular formula is C19H30N2O4. The molecule has 1 aliphatic rings. The maximum atomic E-state index is 12.9. The number of carbonyl (C=O) groups excluding carboxylic acids is 1. The van der Waals surface area contributed by atoms with Gasteiger partial charge in [0.15, 0.2) is 0 Å². The zero-order chi connectivity index (χ0) is 18.4. The van der Waals surface area contributed by atoms with Gasteiger partial charge in [-0.15, -0.1) is 0 Å². The number of nitrogens with zero attached hydrogens (tertiary/aromatic N) is 2. The summed E-state index contributed by atoms with van der Waals surface area (Å²) in [6, 6.07) is 5.86. The van der Waals surface area contributed by atoms with Gasteiger partial charge in [-0.25, -0.2) is 0 Å². The predicted molar refractivity (Wildman–Crippen MR) is 98.0 cm³/mol. The van der Waals surface area contributed by atoms with Gasteiger partial charge in [-0.2, -0.15) is 0 Å². The van der Waals surface area contributed by atoms with Gasteiger partial charge in [-0.05, 0) is 45.4 Å². The summed E-state index contributed by atoms with van der Waals surface area (Å²) in [5, 5.41) is 1.80. The van der Waals surface area contributed by atoms with Gasteiger partial charge in [0.2, 0.25) is 0 Å². The van der Waals surface area contributed by atoms with Crippen LogP contribution in [0.4, 0.5) is 5.69 Å². The monoisotopic (exact) mass is 350 g/mol. The number of morpholine rings is 1. The van der Waals surface area contributed by atoms with E-state index in [1.807, 2.05) is 50.8 Å². The fraction of sp³-hybridized carbons (Fsp3) is 0.632. The van der Waals surface area contributed by atoms with Crippen LogP contribution in [0, 0.1) is 6.92 Å². The lowest BCUT2D eigenvalue weighted by atomic mass is 10.1. The van der Waals surface area contributed by atoms with Gasteiger partial charge in [-0.1, -0.05) is 6.07 Å². The maximum Gasteiger partial charge on any atom is 0.254 e. The van der Waals surface area contributed by atoms with E-state index in [1.165, 1.54) is 0 Å². The van der Waals surface area contributed by atoms with E-state index < -0.39 is 0 Å². The normalized spacial score (nSPS) is 15.3. The van der Waals surface area contributed by atoms with Gasteiger partial charge in [-0.3, -0.25) is 14.7 Å². The maximum absolute atomic E-state index is 12.9. The molecule has 1 saturated heterocycles. The Hall–Kier alpha value is -1.63. The molecular weight excluding hydrogens is 320 g/mol. The number of hydrogen-bond acceptors (Lipinski definition) is 5. The highest BCUT2D eigenvalue weighted by atomic mass is 16.7. The number of hydroxylamine groups is 1. The molecule has 0 bridgehead atoms. The molecule has 1 fully saturated rings. The summed E-state index contributed by atoms with van der Waals surface area (Å²) in [5.41, 5.74) is 2.18. The Morgan fingerprint density at radius 3 is 2.56 bits per heavy atom. The molecule has 6 heteroatoms. The van der Waals surface area contributed by atoms with Gasteiger partial charge in [0.25, 0.3) is 5.91 Å². The van der Waals surface area contributed by atoms with Crippen LogP contribution in [-0.2, 0) is 14.3 Å². The van der Waals surface area contributed by atoms with Gasteiger partial charge in [0.05, 0.1) is 37.7 Å². The minimum Gasteiger partial charge on any atom is -0.383 e. The molecule has 6 nitrogen and oxygen atoms in total. The third-order valence-corrected chi connectivity index (χ3v) is 3.92. The fourth-order valence-corrected chi connectivity index (χ4v) is 2.66. The molecule has 1 heterocycles. The molecule has 0 atom stereocenters. The average Bonchev–Trinajstić information content (AvgIpc) is 2.58. The molecule has 0 unspecified atom stereocenters. The summed E-state index contributed by atoms with van der Waals surface area (Å²) in [6.07, 6.45) is 0. The van der Waals surface area contributed by atoms with E-state index in [9.17, 15) is 4.79 Å². The van der Waals surface area contributed by atoms with E-state index in [0.29, 0.717) is 45.0 Å². The number of aryl methyl sites for hydroxylation is 1. The minimum atomic E-state index is -0.340. The fourth-order valence-electron chi connectivity index (χ4n) is 2.66. The van der Waals surface area contributed by atoms with Crippen molar-refractivity contribution >= 4 is 11.6 Å². The van der Waals surface area contributed by atoms with Crippen molar-refractivity contribution in [1.82, 2.24) is 4.90 Å². The number of anilines is 1. The Morgan fingerprint density at radius 2 is 1.96 bits per heavy atom. The lowest BCUT2D eigenvalue weighted by Crippen LogP contribution is -2.41. The summed E-state index contributed by atoms with van der Waals surface area (Å²) in [6.45, 7) is 11.5. The van der Waals surface area contributed by atoms with Crippen molar-refractivity contribution in [2.75, 3.05) is 51.6 Å². The Bertz CT molecular complexity index is 577. The van der Waals surface area contributed by atoms with Crippen LogP contribution < -0.4 is 5.06 Å². The predicted octanol–water partition coefficient (Wildman–Crippen LogP) is 2.65. The topological polar surface area (TPSA) is 51.2 Å². The van der Waals surface area contributed by atoms with E-state index >= 15 is 0 Å². The van der Waals surface area contributed by atoms with Crippen molar-refractivity contribution in [2.24, 2.45) is 0 Å². The van der Waals surface area contributed by atoms with Crippen LogP contribution in [0.2, 0.25) is 0 Å². The summed E-state index contributed by atoms with van der Waals surface area (Å²) in [7, 11) is 1.66. The van der Waals surface area contributed by atoms with E-state index in [4.69, 9.17) is 14.3 Å². The van der Waals surface area contributed by atoms with Crippen molar-refractivity contribution in [2.45, 2.75) is 33.3 Å². The van der Waals surface area contributed by atoms with E-state index in [1.54, 1.807) is 12.2 Å². The molecule has 1 amide bonds. The van der Waals surface area contributed by atoms with Crippen LogP contribution in [-0.4, -0.2) is 63.0 Å². The van der Waals surface area contributed by atoms with E-state index in [2.05, 4.69) is 0 Å². The number of amides is 1. The van der Waals surface area contributed by atoms with Crippen LogP contribution >= 0.6 is 0 Å². The van der Waals surface area contributed by atoms with E-state index in [-0.39, 0.29) is 11.5 Å². The zero-order valence-corrected chi connectivity index (χ0v) is 16.0. The smallest absolute Gasteiger partial charge is 0.254 e. The SMILES string of the molecule is COCCN(OC(C)(C)C)c1ccc(C)c(C(=O)N2CCOCC2)c1. The quantitative estimate of drug-likeness (QED) is 0.738. The summed E-state index contributed by atoms with van der Waals surface area (Å²) in [5.74, 6) is 0.0464. The average molecular weight is 350 g/mol. The first-order valence-electron chi connectivity index (χ1n) is 8.75. The van der Waals surface area contributed by atoms with E-state index in [0.717, 1.165) is 11.3 Å². The Morgan fingerprint density at radius 1 is 1.28 bits per heavy atom. The number of benzene rings is 1. The standard InChI is InChI=1S/C19H30N2O4/c1-15-6-7-16(21(10-11-23-5)25-19(2,3)4)14-17(15)18(22)20-8-12-24-13-9-20/h6-7,14H,8-13H2,1-5H3. The first-order valence-corrected chi connectivity index (χ1v) is 8.75. The van der Waals surface area contributed by atoms with Crippen LogP contribution in [0.3, 0.4) is 0 Å². The molecule has 0 aromatic heterocycles. The third kappa shape index (κ3) is 5.70. The van der Waals surface area contributed by atoms with Crippen LogP contribution in [0.25, 0.3) is 0 Å². The van der Waals surface area contributed by atoms with Crippen LogP contribution in [0.15, 0.2) is 18.2 Å². The highest BCUT2D eigenvalue weighted by molar-refractivity contribution is 5.96. The molecule has 0 aliphatic carbocycles. The van der Waals surface area contributed by atoms with Gasteiger partial charge < -0.3 is 14.4 Å². The Kier molecular flexibility index (Phi) is 6.81. The molecule has 25 heavy (non-hydrogen) atoms. The van der Waals surface area contributed by atoms with Crippen molar-refractivity contribution < 1.29 is 19.1 Å². The highest BCUT2D eigenvalue weighted by Gasteiger charge is 2.23. The van der Waals surface area contributed by atoms with Gasteiger partial charge in [0.1, 0.15) is 0 Å². The highest BCUT2D eigenvalue weighted by Crippen LogP contribution is 2.24. The lowest BCUT2D eigenvalue weighted by Gasteiger charge is -2.32. The number of carbonyl (C=O) groups is 1. The third-order valence-electron chi connectivity index (χ3n) is 3.92. The molecule has 140 valence electrons. The van der Waals surface area contributed by atoms with Crippen molar-refractivity contribution in [3.05, 3.63) is 29.3 Å². The largest absolute Gasteiger partial charge is 0.383 e. The second-order valence-corrected chi connectivity index (χ2v) is 7.20. The molecule has 0 saturated carbocycles.